The summed E-state index contributed by atoms with van der Waals surface area (Å²) >= 11 is 9.93. The smallest absolute Gasteiger partial charge is 0.237 e. The summed E-state index contributed by atoms with van der Waals surface area (Å²) in [7, 11) is 0. The molecule has 2 aromatic rings. The minimum atomic E-state index is -0.225. The van der Waals surface area contributed by atoms with E-state index in [-0.39, 0.29) is 24.0 Å². The van der Waals surface area contributed by atoms with E-state index >= 15 is 0 Å². The summed E-state index contributed by atoms with van der Waals surface area (Å²) < 4.78 is 0.982. The molecule has 1 aromatic carbocycles. The van der Waals surface area contributed by atoms with Crippen molar-refractivity contribution in [3.05, 3.63) is 62.3 Å². The summed E-state index contributed by atoms with van der Waals surface area (Å²) in [6.07, 6.45) is 5.37. The number of aryl methyl sites for hydroxylation is 2. The molecule has 2 unspecified atom stereocenters. The fourth-order valence-electron chi connectivity index (χ4n) is 4.42. The van der Waals surface area contributed by atoms with E-state index in [2.05, 4.69) is 58.2 Å². The van der Waals surface area contributed by atoms with Gasteiger partial charge in [0, 0.05) is 21.7 Å². The van der Waals surface area contributed by atoms with Crippen molar-refractivity contribution in [2.24, 2.45) is 0 Å². The van der Waals surface area contributed by atoms with E-state index in [4.69, 9.17) is 16.6 Å². The highest BCUT2D eigenvalue weighted by atomic mass is 79.9. The van der Waals surface area contributed by atoms with E-state index in [1.54, 1.807) is 0 Å². The predicted molar refractivity (Wildman–Crippen MR) is 127 cm³/mol. The SMILES string of the molecule is CCCN(C(CC)C(=O)NC(C)C)C1c2ccc(Cl)cc2CCc2cc(Br)cnc21. The van der Waals surface area contributed by atoms with E-state index < -0.39 is 0 Å². The van der Waals surface area contributed by atoms with Gasteiger partial charge in [-0.25, -0.2) is 0 Å². The highest BCUT2D eigenvalue weighted by Gasteiger charge is 2.36. The van der Waals surface area contributed by atoms with Gasteiger partial charge in [-0.1, -0.05) is 31.5 Å². The standard InChI is InChI=1S/C24H31BrClN3O/c1-5-11-29(21(6-2)24(30)28-15(3)4)23-20-10-9-19(26)13-16(20)7-8-17-12-18(25)14-27-22(17)23/h9-10,12-15,21,23H,5-8,11H2,1-4H3,(H,28,30). The molecule has 1 heterocycles. The van der Waals surface area contributed by atoms with Crippen molar-refractivity contribution in [1.29, 1.82) is 0 Å². The van der Waals surface area contributed by atoms with Gasteiger partial charge in [0.05, 0.1) is 17.8 Å². The number of carbonyl (C=O) groups is 1. The van der Waals surface area contributed by atoms with Gasteiger partial charge in [-0.2, -0.15) is 0 Å². The third-order valence-corrected chi connectivity index (χ3v) is 6.29. The van der Waals surface area contributed by atoms with Crippen LogP contribution in [0.2, 0.25) is 5.02 Å². The summed E-state index contributed by atoms with van der Waals surface area (Å²) in [5.41, 5.74) is 4.71. The van der Waals surface area contributed by atoms with E-state index in [1.807, 2.05) is 26.1 Å². The third kappa shape index (κ3) is 5.06. The Balaban J connectivity index is 2.17. The Bertz CT molecular complexity index is 849. The van der Waals surface area contributed by atoms with Crippen molar-refractivity contribution < 1.29 is 4.79 Å². The van der Waals surface area contributed by atoms with Crippen LogP contribution in [-0.2, 0) is 17.6 Å². The van der Waals surface area contributed by atoms with Crippen LogP contribution in [0, 0.1) is 0 Å². The zero-order valence-corrected chi connectivity index (χ0v) is 20.6. The van der Waals surface area contributed by atoms with Gasteiger partial charge < -0.3 is 5.32 Å². The number of benzene rings is 1. The number of pyridine rings is 1. The Morgan fingerprint density at radius 2 is 2.00 bits per heavy atom. The molecule has 0 spiro atoms. The third-order valence-electron chi connectivity index (χ3n) is 5.62. The lowest BCUT2D eigenvalue weighted by Crippen LogP contribution is -2.50. The van der Waals surface area contributed by atoms with Gasteiger partial charge in [0.2, 0.25) is 5.91 Å². The highest BCUT2D eigenvalue weighted by molar-refractivity contribution is 9.10. The molecule has 6 heteroatoms. The highest BCUT2D eigenvalue weighted by Crippen LogP contribution is 2.39. The fraction of sp³-hybridized carbons (Fsp3) is 0.500. The molecule has 0 aliphatic heterocycles. The minimum Gasteiger partial charge on any atom is -0.353 e. The first-order valence-corrected chi connectivity index (χ1v) is 12.0. The molecule has 162 valence electrons. The Kier molecular flexibility index (Phi) is 7.94. The lowest BCUT2D eigenvalue weighted by Gasteiger charge is -2.38. The van der Waals surface area contributed by atoms with Crippen LogP contribution in [0.25, 0.3) is 0 Å². The van der Waals surface area contributed by atoms with Gasteiger partial charge in [0.25, 0.3) is 0 Å². The van der Waals surface area contributed by atoms with Crippen LogP contribution in [0.1, 0.15) is 69.0 Å². The van der Waals surface area contributed by atoms with Crippen LogP contribution in [0.3, 0.4) is 0 Å². The van der Waals surface area contributed by atoms with Crippen molar-refractivity contribution in [2.45, 2.75) is 71.5 Å². The van der Waals surface area contributed by atoms with E-state index in [1.165, 1.54) is 16.7 Å². The molecular weight excluding hydrogens is 462 g/mol. The number of nitrogens with zero attached hydrogens (tertiary/aromatic N) is 2. The Labute approximate surface area is 193 Å². The molecule has 2 atom stereocenters. The quantitative estimate of drug-likeness (QED) is 0.539. The van der Waals surface area contributed by atoms with Crippen molar-refractivity contribution in [3.8, 4) is 0 Å². The van der Waals surface area contributed by atoms with Crippen LogP contribution < -0.4 is 5.32 Å². The van der Waals surface area contributed by atoms with Gasteiger partial charge in [-0.3, -0.25) is 14.7 Å². The van der Waals surface area contributed by atoms with Crippen LogP contribution in [-0.4, -0.2) is 34.4 Å². The number of carbonyl (C=O) groups excluding carboxylic acids is 1. The van der Waals surface area contributed by atoms with Crippen molar-refractivity contribution in [2.75, 3.05) is 6.54 Å². The second kappa shape index (κ2) is 10.3. The minimum absolute atomic E-state index is 0.0781. The van der Waals surface area contributed by atoms with Crippen molar-refractivity contribution in [1.82, 2.24) is 15.2 Å². The number of hydrogen-bond donors (Lipinski definition) is 1. The maximum Gasteiger partial charge on any atom is 0.237 e. The van der Waals surface area contributed by atoms with Crippen LogP contribution >= 0.6 is 27.5 Å². The number of halogens is 2. The lowest BCUT2D eigenvalue weighted by molar-refractivity contribution is -0.127. The normalized spacial score (nSPS) is 16.7. The largest absolute Gasteiger partial charge is 0.353 e. The van der Waals surface area contributed by atoms with Crippen molar-refractivity contribution >= 4 is 33.4 Å². The lowest BCUT2D eigenvalue weighted by atomic mass is 9.94. The Morgan fingerprint density at radius 1 is 1.27 bits per heavy atom. The summed E-state index contributed by atoms with van der Waals surface area (Å²) in [6, 6.07) is 8.12. The molecule has 1 aliphatic carbocycles. The Morgan fingerprint density at radius 3 is 2.67 bits per heavy atom. The molecular formula is C24H31BrClN3O. The number of fused-ring (bicyclic) bond motifs is 2. The maximum absolute atomic E-state index is 13.2. The first-order valence-electron chi connectivity index (χ1n) is 10.8. The van der Waals surface area contributed by atoms with E-state index in [9.17, 15) is 4.79 Å². The number of amides is 1. The zero-order valence-electron chi connectivity index (χ0n) is 18.2. The van der Waals surface area contributed by atoms with E-state index in [0.29, 0.717) is 0 Å². The van der Waals surface area contributed by atoms with Gasteiger partial charge in [-0.05, 0) is 96.9 Å². The number of rotatable bonds is 7. The second-order valence-corrected chi connectivity index (χ2v) is 9.62. The molecule has 1 aromatic heterocycles. The average molecular weight is 493 g/mol. The average Bonchev–Trinajstić information content (AvgIpc) is 2.83. The molecule has 1 amide bonds. The molecule has 0 radical (unpaired) electrons. The number of hydrogen-bond acceptors (Lipinski definition) is 3. The monoisotopic (exact) mass is 491 g/mol. The van der Waals surface area contributed by atoms with Crippen molar-refractivity contribution in [3.63, 3.8) is 0 Å². The van der Waals surface area contributed by atoms with Crippen LogP contribution in [0.15, 0.2) is 34.9 Å². The summed E-state index contributed by atoms with van der Waals surface area (Å²) in [5.74, 6) is 0.0828. The van der Waals surface area contributed by atoms with Crippen LogP contribution in [0.4, 0.5) is 0 Å². The fourth-order valence-corrected chi connectivity index (χ4v) is 5.00. The first kappa shape index (κ1) is 23.2. The molecule has 0 saturated carbocycles. The molecule has 3 rings (SSSR count). The zero-order chi connectivity index (χ0) is 21.8. The van der Waals surface area contributed by atoms with Gasteiger partial charge >= 0.3 is 0 Å². The molecule has 4 nitrogen and oxygen atoms in total. The van der Waals surface area contributed by atoms with Gasteiger partial charge in [0.15, 0.2) is 0 Å². The van der Waals surface area contributed by atoms with Gasteiger partial charge in [0.1, 0.15) is 0 Å². The first-order chi connectivity index (χ1) is 14.3. The molecule has 30 heavy (non-hydrogen) atoms. The summed E-state index contributed by atoms with van der Waals surface area (Å²) in [4.78, 5) is 20.4. The predicted octanol–water partition coefficient (Wildman–Crippen LogP) is 5.70. The molecule has 0 bridgehead atoms. The van der Waals surface area contributed by atoms with Gasteiger partial charge in [-0.15, -0.1) is 0 Å². The number of aromatic nitrogens is 1. The molecule has 0 fully saturated rings. The maximum atomic E-state index is 13.2. The Hall–Kier alpha value is -1.43. The molecule has 1 N–H and O–H groups in total. The number of nitrogens with one attached hydrogen (secondary N) is 1. The second-order valence-electron chi connectivity index (χ2n) is 8.27. The molecule has 0 saturated heterocycles. The summed E-state index contributed by atoms with van der Waals surface area (Å²) in [6.45, 7) is 9.07. The summed E-state index contributed by atoms with van der Waals surface area (Å²) in [5, 5.41) is 3.87. The van der Waals surface area contributed by atoms with Crippen LogP contribution in [0.5, 0.6) is 0 Å². The molecule has 1 aliphatic rings. The topological polar surface area (TPSA) is 45.2 Å². The van der Waals surface area contributed by atoms with E-state index in [0.717, 1.165) is 47.4 Å².